The summed E-state index contributed by atoms with van der Waals surface area (Å²) in [6, 6.07) is 8.48. The molecular weight excluding hydrogens is 266 g/mol. The van der Waals surface area contributed by atoms with Gasteiger partial charge in [-0.1, -0.05) is 43.7 Å². The van der Waals surface area contributed by atoms with Gasteiger partial charge in [-0.2, -0.15) is 0 Å². The molecule has 0 aliphatic carbocycles. The van der Waals surface area contributed by atoms with Gasteiger partial charge in [0.1, 0.15) is 0 Å². The van der Waals surface area contributed by atoms with E-state index < -0.39 is 20.9 Å². The summed E-state index contributed by atoms with van der Waals surface area (Å²) in [5, 5.41) is 9.04. The van der Waals surface area contributed by atoms with E-state index in [0.29, 0.717) is 12.0 Å². The summed E-state index contributed by atoms with van der Waals surface area (Å²) in [5.41, 5.74) is 0.528. The van der Waals surface area contributed by atoms with E-state index in [1.54, 1.807) is 30.3 Å². The van der Waals surface area contributed by atoms with Crippen molar-refractivity contribution in [2.75, 3.05) is 6.54 Å². The zero-order chi connectivity index (χ0) is 14.3. The van der Waals surface area contributed by atoms with Gasteiger partial charge in [0.2, 0.25) is 10.0 Å². The second-order valence-electron chi connectivity index (χ2n) is 3.98. The summed E-state index contributed by atoms with van der Waals surface area (Å²) >= 11 is 0. The molecule has 0 unspecified atom stereocenters. The highest BCUT2D eigenvalue weighted by atomic mass is 32.2. The molecule has 0 saturated heterocycles. The monoisotopic (exact) mass is 283 g/mol. The number of hydrogen-bond donors (Lipinski definition) is 2. The van der Waals surface area contributed by atoms with Gasteiger partial charge < -0.3 is 5.11 Å². The van der Waals surface area contributed by atoms with E-state index in [1.165, 1.54) is 0 Å². The summed E-state index contributed by atoms with van der Waals surface area (Å²) in [5.74, 6) is -1.46. The highest BCUT2D eigenvalue weighted by Gasteiger charge is 2.23. The Morgan fingerprint density at radius 1 is 1.32 bits per heavy atom. The van der Waals surface area contributed by atoms with Crippen LogP contribution in [0.5, 0.6) is 0 Å². The quantitative estimate of drug-likeness (QED) is 0.590. The first-order valence-electron chi connectivity index (χ1n) is 5.97. The maximum absolute atomic E-state index is 11.9. The molecule has 2 N–H and O–H groups in total. The highest BCUT2D eigenvalue weighted by Crippen LogP contribution is 2.12. The van der Waals surface area contributed by atoms with Crippen LogP contribution in [0.3, 0.4) is 0 Å². The first-order chi connectivity index (χ1) is 8.97. The SMILES string of the molecule is CCCCNS(=O)(=O)/C(=C/c1ccccc1)C(=O)O. The Morgan fingerprint density at radius 3 is 2.47 bits per heavy atom. The zero-order valence-electron chi connectivity index (χ0n) is 10.7. The predicted molar refractivity (Wildman–Crippen MR) is 73.9 cm³/mol. The van der Waals surface area contributed by atoms with Crippen LogP contribution in [0, 0.1) is 0 Å². The van der Waals surface area contributed by atoms with E-state index in [-0.39, 0.29) is 6.54 Å². The zero-order valence-corrected chi connectivity index (χ0v) is 11.5. The molecule has 0 heterocycles. The van der Waals surface area contributed by atoms with Crippen molar-refractivity contribution in [3.05, 3.63) is 40.8 Å². The molecule has 0 saturated carbocycles. The predicted octanol–water partition coefficient (Wildman–Crippen LogP) is 1.83. The topological polar surface area (TPSA) is 83.5 Å². The van der Waals surface area contributed by atoms with Gasteiger partial charge in [0.05, 0.1) is 0 Å². The van der Waals surface area contributed by atoms with Crippen molar-refractivity contribution in [2.45, 2.75) is 19.8 Å². The summed E-state index contributed by atoms with van der Waals surface area (Å²) in [6.07, 6.45) is 2.64. The molecule has 0 aromatic heterocycles. The number of rotatable bonds is 7. The van der Waals surface area contributed by atoms with E-state index >= 15 is 0 Å². The van der Waals surface area contributed by atoms with E-state index in [1.807, 2.05) is 6.92 Å². The molecule has 1 aromatic rings. The Bertz CT molecular complexity index is 549. The maximum Gasteiger partial charge on any atom is 0.348 e. The molecule has 0 spiro atoms. The lowest BCUT2D eigenvalue weighted by molar-refractivity contribution is -0.131. The van der Waals surface area contributed by atoms with Crippen molar-refractivity contribution in [1.82, 2.24) is 4.72 Å². The normalized spacial score (nSPS) is 12.4. The van der Waals surface area contributed by atoms with Gasteiger partial charge in [-0.3, -0.25) is 0 Å². The molecule has 0 atom stereocenters. The van der Waals surface area contributed by atoms with Gasteiger partial charge in [-0.15, -0.1) is 0 Å². The molecule has 1 aromatic carbocycles. The minimum atomic E-state index is -3.98. The van der Waals surface area contributed by atoms with Crippen LogP contribution >= 0.6 is 0 Å². The molecular formula is C13H17NO4S. The Kier molecular flexibility index (Phi) is 5.72. The van der Waals surface area contributed by atoms with Crippen LogP contribution in [0.1, 0.15) is 25.3 Å². The molecule has 0 fully saturated rings. The van der Waals surface area contributed by atoms with Crippen molar-refractivity contribution in [3.8, 4) is 0 Å². The Labute approximate surface area is 113 Å². The van der Waals surface area contributed by atoms with Crippen LogP contribution in [-0.2, 0) is 14.8 Å². The van der Waals surface area contributed by atoms with Gasteiger partial charge in [0.15, 0.2) is 4.91 Å². The maximum atomic E-state index is 11.9. The number of benzene rings is 1. The smallest absolute Gasteiger partial charge is 0.348 e. The minimum absolute atomic E-state index is 0.234. The largest absolute Gasteiger partial charge is 0.477 e. The fraction of sp³-hybridized carbons (Fsp3) is 0.308. The van der Waals surface area contributed by atoms with Crippen molar-refractivity contribution in [2.24, 2.45) is 0 Å². The summed E-state index contributed by atoms with van der Waals surface area (Å²) in [6.45, 7) is 2.16. The lowest BCUT2D eigenvalue weighted by Gasteiger charge is -2.06. The van der Waals surface area contributed by atoms with Crippen molar-refractivity contribution in [3.63, 3.8) is 0 Å². The first kappa shape index (κ1) is 15.4. The molecule has 0 radical (unpaired) electrons. The number of carbonyl (C=O) groups is 1. The first-order valence-corrected chi connectivity index (χ1v) is 7.45. The molecule has 0 amide bonds. The lowest BCUT2D eigenvalue weighted by atomic mass is 10.2. The Morgan fingerprint density at radius 2 is 1.95 bits per heavy atom. The van der Waals surface area contributed by atoms with Crippen LogP contribution in [0.15, 0.2) is 35.2 Å². The third-order valence-corrected chi connectivity index (χ3v) is 3.88. The number of carboxylic acid groups (broad SMARTS) is 1. The van der Waals surface area contributed by atoms with Crippen molar-refractivity contribution < 1.29 is 18.3 Å². The van der Waals surface area contributed by atoms with Gasteiger partial charge in [0.25, 0.3) is 0 Å². The van der Waals surface area contributed by atoms with E-state index in [4.69, 9.17) is 5.11 Å². The number of carboxylic acids is 1. The molecule has 5 nitrogen and oxygen atoms in total. The molecule has 1 rings (SSSR count). The summed E-state index contributed by atoms with van der Waals surface area (Å²) in [7, 11) is -3.98. The van der Waals surface area contributed by atoms with Crippen molar-refractivity contribution in [1.29, 1.82) is 0 Å². The average molecular weight is 283 g/mol. The van der Waals surface area contributed by atoms with Crippen LogP contribution in [-0.4, -0.2) is 26.0 Å². The number of aliphatic carboxylic acids is 1. The number of unbranched alkanes of at least 4 members (excludes halogenated alkanes) is 1. The second-order valence-corrected chi connectivity index (χ2v) is 5.71. The van der Waals surface area contributed by atoms with Crippen molar-refractivity contribution >= 4 is 22.1 Å². The lowest BCUT2D eigenvalue weighted by Crippen LogP contribution is -2.29. The third kappa shape index (κ3) is 4.84. The molecule has 6 heteroatoms. The van der Waals surface area contributed by atoms with Crippen LogP contribution in [0.2, 0.25) is 0 Å². The van der Waals surface area contributed by atoms with Crippen LogP contribution < -0.4 is 4.72 Å². The summed E-state index contributed by atoms with van der Waals surface area (Å²) < 4.78 is 26.1. The Hall–Kier alpha value is -1.66. The van der Waals surface area contributed by atoms with Gasteiger partial charge in [0, 0.05) is 6.54 Å². The third-order valence-electron chi connectivity index (χ3n) is 2.42. The number of hydrogen-bond acceptors (Lipinski definition) is 3. The van der Waals surface area contributed by atoms with E-state index in [2.05, 4.69) is 4.72 Å². The van der Waals surface area contributed by atoms with Gasteiger partial charge >= 0.3 is 5.97 Å². The van der Waals surface area contributed by atoms with E-state index in [0.717, 1.165) is 12.5 Å². The number of nitrogens with one attached hydrogen (secondary N) is 1. The molecule has 19 heavy (non-hydrogen) atoms. The molecule has 0 aliphatic rings. The minimum Gasteiger partial charge on any atom is -0.477 e. The Balaban J connectivity index is 3.01. The fourth-order valence-electron chi connectivity index (χ4n) is 1.42. The molecule has 104 valence electrons. The van der Waals surface area contributed by atoms with Crippen LogP contribution in [0.4, 0.5) is 0 Å². The molecule has 0 aliphatic heterocycles. The number of sulfonamides is 1. The summed E-state index contributed by atoms with van der Waals surface area (Å²) in [4.78, 5) is 10.5. The van der Waals surface area contributed by atoms with E-state index in [9.17, 15) is 13.2 Å². The van der Waals surface area contributed by atoms with Gasteiger partial charge in [-0.05, 0) is 18.1 Å². The average Bonchev–Trinajstić information content (AvgIpc) is 2.37. The second kappa shape index (κ2) is 7.06. The molecule has 0 bridgehead atoms. The highest BCUT2D eigenvalue weighted by molar-refractivity contribution is 7.94. The van der Waals surface area contributed by atoms with Crippen LogP contribution in [0.25, 0.3) is 6.08 Å². The fourth-order valence-corrected chi connectivity index (χ4v) is 2.51. The van der Waals surface area contributed by atoms with Gasteiger partial charge in [-0.25, -0.2) is 17.9 Å². The standard InChI is InChI=1S/C13H17NO4S/c1-2-3-9-14-19(17,18)12(13(15)16)10-11-7-5-4-6-8-11/h4-8,10,14H,2-3,9H2,1H3,(H,15,16)/b12-10+.